The van der Waals surface area contributed by atoms with Crippen LogP contribution in [0.3, 0.4) is 0 Å². The first-order valence-electron chi connectivity index (χ1n) is 7.41. The van der Waals surface area contributed by atoms with Gasteiger partial charge in [-0.05, 0) is 63.7 Å². The van der Waals surface area contributed by atoms with Crippen LogP contribution in [-0.2, 0) is 9.31 Å². The molecule has 0 spiro atoms. The van der Waals surface area contributed by atoms with E-state index in [1.165, 1.54) is 11.1 Å². The zero-order valence-corrected chi connectivity index (χ0v) is 13.9. The summed E-state index contributed by atoms with van der Waals surface area (Å²) >= 11 is 0. The van der Waals surface area contributed by atoms with Crippen LogP contribution in [0, 0.1) is 13.8 Å². The van der Waals surface area contributed by atoms with E-state index in [9.17, 15) is 5.11 Å². The Balaban J connectivity index is 2.33. The number of hydrogen-bond donors (Lipinski definition) is 1. The fourth-order valence-corrected chi connectivity index (χ4v) is 2.31. The van der Waals surface area contributed by atoms with Gasteiger partial charge in [0.05, 0.1) is 17.8 Å². The van der Waals surface area contributed by atoms with E-state index in [1.807, 2.05) is 45.9 Å². The van der Waals surface area contributed by atoms with Crippen molar-refractivity contribution in [2.75, 3.05) is 6.61 Å². The van der Waals surface area contributed by atoms with Crippen LogP contribution in [0.2, 0.25) is 0 Å². The molecular formula is C17H25BO3. The quantitative estimate of drug-likeness (QED) is 0.867. The minimum absolute atomic E-state index is 0.0792. The number of benzene rings is 1. The van der Waals surface area contributed by atoms with Gasteiger partial charge < -0.3 is 14.4 Å². The van der Waals surface area contributed by atoms with Crippen molar-refractivity contribution in [2.24, 2.45) is 0 Å². The Morgan fingerprint density at radius 2 is 1.71 bits per heavy atom. The molecule has 1 saturated heterocycles. The SMILES string of the molecule is Cc1cccc(C=C(CO)B2OC(C)(C)C(C)(C)O2)c1C. The normalized spacial score (nSPS) is 20.9. The molecule has 3 nitrogen and oxygen atoms in total. The Kier molecular flexibility index (Phi) is 4.34. The van der Waals surface area contributed by atoms with Crippen LogP contribution in [0.15, 0.2) is 23.7 Å². The first-order valence-corrected chi connectivity index (χ1v) is 7.41. The lowest BCUT2D eigenvalue weighted by Crippen LogP contribution is -2.41. The van der Waals surface area contributed by atoms with E-state index in [4.69, 9.17) is 9.31 Å². The zero-order chi connectivity index (χ0) is 15.8. The van der Waals surface area contributed by atoms with Crippen molar-refractivity contribution in [3.05, 3.63) is 40.4 Å². The fraction of sp³-hybridized carbons (Fsp3) is 0.529. The number of aliphatic hydroxyl groups is 1. The molecule has 1 aromatic carbocycles. The average Bonchev–Trinajstić information content (AvgIpc) is 2.60. The second kappa shape index (κ2) is 5.60. The van der Waals surface area contributed by atoms with Crippen LogP contribution < -0.4 is 0 Å². The summed E-state index contributed by atoms with van der Waals surface area (Å²) in [6.45, 7) is 12.1. The van der Waals surface area contributed by atoms with Gasteiger partial charge in [-0.3, -0.25) is 0 Å². The highest BCUT2D eigenvalue weighted by atomic mass is 16.7. The molecule has 4 heteroatoms. The van der Waals surface area contributed by atoms with Crippen LogP contribution in [0.1, 0.15) is 44.4 Å². The summed E-state index contributed by atoms with van der Waals surface area (Å²) in [5.74, 6) is 0. The second-order valence-electron chi connectivity index (χ2n) is 6.75. The van der Waals surface area contributed by atoms with Crippen molar-refractivity contribution in [2.45, 2.75) is 52.7 Å². The van der Waals surface area contributed by atoms with Gasteiger partial charge in [-0.25, -0.2) is 0 Å². The maximum atomic E-state index is 9.72. The van der Waals surface area contributed by atoms with E-state index in [0.29, 0.717) is 0 Å². The number of aryl methyl sites for hydroxylation is 1. The summed E-state index contributed by atoms with van der Waals surface area (Å²) in [5, 5.41) is 9.72. The van der Waals surface area contributed by atoms with Gasteiger partial charge >= 0.3 is 7.12 Å². The standard InChI is InChI=1S/C17H25BO3/c1-12-8-7-9-14(13(12)2)10-15(11-19)18-20-16(3,4)17(5,6)21-18/h7-10,19H,11H2,1-6H3. The molecule has 0 aliphatic carbocycles. The molecule has 0 bridgehead atoms. The Labute approximate surface area is 128 Å². The third kappa shape index (κ3) is 3.08. The lowest BCUT2D eigenvalue weighted by atomic mass is 9.77. The summed E-state index contributed by atoms with van der Waals surface area (Å²) in [7, 11) is -0.500. The fourth-order valence-electron chi connectivity index (χ4n) is 2.31. The van der Waals surface area contributed by atoms with E-state index in [0.717, 1.165) is 11.0 Å². The maximum absolute atomic E-state index is 9.72. The van der Waals surface area contributed by atoms with Gasteiger partial charge in [0, 0.05) is 0 Å². The third-order valence-electron chi connectivity index (χ3n) is 4.73. The highest BCUT2D eigenvalue weighted by Crippen LogP contribution is 2.38. The lowest BCUT2D eigenvalue weighted by Gasteiger charge is -2.32. The molecule has 1 aliphatic rings. The first kappa shape index (κ1) is 16.3. The molecule has 1 N–H and O–H groups in total. The van der Waals surface area contributed by atoms with Crippen LogP contribution in [-0.4, -0.2) is 30.0 Å². The lowest BCUT2D eigenvalue weighted by molar-refractivity contribution is 0.00578. The van der Waals surface area contributed by atoms with Crippen molar-refractivity contribution in [3.63, 3.8) is 0 Å². The zero-order valence-electron chi connectivity index (χ0n) is 13.9. The predicted octanol–water partition coefficient (Wildman–Crippen LogP) is 3.31. The smallest absolute Gasteiger partial charge is 0.400 e. The molecule has 0 unspecified atom stereocenters. The van der Waals surface area contributed by atoms with Crippen molar-refractivity contribution >= 4 is 13.2 Å². The van der Waals surface area contributed by atoms with Gasteiger partial charge in [-0.2, -0.15) is 0 Å². The van der Waals surface area contributed by atoms with E-state index < -0.39 is 18.3 Å². The van der Waals surface area contributed by atoms with Crippen molar-refractivity contribution in [1.82, 2.24) is 0 Å². The van der Waals surface area contributed by atoms with E-state index >= 15 is 0 Å². The number of aliphatic hydroxyl groups excluding tert-OH is 1. The molecule has 1 heterocycles. The van der Waals surface area contributed by atoms with E-state index in [2.05, 4.69) is 19.9 Å². The Morgan fingerprint density at radius 1 is 1.14 bits per heavy atom. The maximum Gasteiger partial charge on any atom is 0.492 e. The topological polar surface area (TPSA) is 38.7 Å². The Bertz CT molecular complexity index is 545. The molecule has 0 saturated carbocycles. The summed E-state index contributed by atoms with van der Waals surface area (Å²) in [6, 6.07) is 6.15. The predicted molar refractivity (Wildman–Crippen MR) is 87.1 cm³/mol. The van der Waals surface area contributed by atoms with Crippen molar-refractivity contribution in [3.8, 4) is 0 Å². The van der Waals surface area contributed by atoms with Gasteiger partial charge in [0.15, 0.2) is 0 Å². The number of hydrogen-bond acceptors (Lipinski definition) is 3. The van der Waals surface area contributed by atoms with Gasteiger partial charge in [-0.15, -0.1) is 0 Å². The Hall–Kier alpha value is -1.10. The molecular weight excluding hydrogens is 263 g/mol. The number of rotatable bonds is 3. The Morgan fingerprint density at radius 3 is 2.24 bits per heavy atom. The minimum Gasteiger partial charge on any atom is -0.400 e. The van der Waals surface area contributed by atoms with Gasteiger partial charge in [0.1, 0.15) is 0 Å². The van der Waals surface area contributed by atoms with Crippen molar-refractivity contribution < 1.29 is 14.4 Å². The van der Waals surface area contributed by atoms with E-state index in [-0.39, 0.29) is 6.61 Å². The van der Waals surface area contributed by atoms with Crippen LogP contribution in [0.5, 0.6) is 0 Å². The summed E-state index contributed by atoms with van der Waals surface area (Å²) in [5.41, 5.74) is 3.49. The molecule has 0 aromatic heterocycles. The molecule has 0 atom stereocenters. The second-order valence-corrected chi connectivity index (χ2v) is 6.75. The third-order valence-corrected chi connectivity index (χ3v) is 4.73. The molecule has 1 fully saturated rings. The summed E-state index contributed by atoms with van der Waals surface area (Å²) < 4.78 is 12.0. The highest BCUT2D eigenvalue weighted by Gasteiger charge is 2.52. The first-order chi connectivity index (χ1) is 9.68. The van der Waals surface area contributed by atoms with Gasteiger partial charge in [0.2, 0.25) is 0 Å². The summed E-state index contributed by atoms with van der Waals surface area (Å²) in [4.78, 5) is 0. The monoisotopic (exact) mass is 288 g/mol. The van der Waals surface area contributed by atoms with Crippen LogP contribution >= 0.6 is 0 Å². The van der Waals surface area contributed by atoms with Crippen molar-refractivity contribution in [1.29, 1.82) is 0 Å². The van der Waals surface area contributed by atoms with Gasteiger partial charge in [-0.1, -0.05) is 24.3 Å². The molecule has 114 valence electrons. The molecule has 2 rings (SSSR count). The van der Waals surface area contributed by atoms with E-state index in [1.54, 1.807) is 0 Å². The molecule has 21 heavy (non-hydrogen) atoms. The summed E-state index contributed by atoms with van der Waals surface area (Å²) in [6.07, 6.45) is 1.98. The van der Waals surface area contributed by atoms with Gasteiger partial charge in [0.25, 0.3) is 0 Å². The average molecular weight is 288 g/mol. The molecule has 0 amide bonds. The molecule has 1 aromatic rings. The largest absolute Gasteiger partial charge is 0.492 e. The van der Waals surface area contributed by atoms with Crippen LogP contribution in [0.4, 0.5) is 0 Å². The van der Waals surface area contributed by atoms with Crippen LogP contribution in [0.25, 0.3) is 6.08 Å². The highest BCUT2D eigenvalue weighted by molar-refractivity contribution is 6.55. The molecule has 1 aliphatic heterocycles. The minimum atomic E-state index is -0.500. The molecule has 0 radical (unpaired) electrons.